The Kier molecular flexibility index (Phi) is 5.52. The normalized spacial score (nSPS) is 13.4. The molecule has 2 aromatic carbocycles. The summed E-state index contributed by atoms with van der Waals surface area (Å²) in [5.74, 6) is -0.167. The second kappa shape index (κ2) is 7.60. The number of aliphatic hydroxyl groups excluding tert-OH is 1. The number of nitrogens with one attached hydrogen (secondary N) is 1. The summed E-state index contributed by atoms with van der Waals surface area (Å²) in [6.07, 6.45) is 0.922. The van der Waals surface area contributed by atoms with E-state index >= 15 is 0 Å². The van der Waals surface area contributed by atoms with Crippen molar-refractivity contribution in [2.75, 3.05) is 0 Å². The van der Waals surface area contributed by atoms with E-state index in [1.165, 1.54) is 0 Å². The first-order valence-electron chi connectivity index (χ1n) is 7.31. The zero-order chi connectivity index (χ0) is 15.1. The van der Waals surface area contributed by atoms with Crippen molar-refractivity contribution in [1.29, 1.82) is 0 Å². The van der Waals surface area contributed by atoms with Crippen LogP contribution in [0.2, 0.25) is 0 Å². The minimum absolute atomic E-state index is 0.167. The first kappa shape index (κ1) is 15.3. The molecule has 2 atom stereocenters. The summed E-state index contributed by atoms with van der Waals surface area (Å²) < 4.78 is 0. The summed E-state index contributed by atoms with van der Waals surface area (Å²) in [4.78, 5) is 12.3. The molecule has 3 nitrogen and oxygen atoms in total. The number of rotatable bonds is 6. The summed E-state index contributed by atoms with van der Waals surface area (Å²) >= 11 is 0. The molecule has 110 valence electrons. The van der Waals surface area contributed by atoms with Gasteiger partial charge in [-0.2, -0.15) is 0 Å². The molecule has 0 bridgehead atoms. The van der Waals surface area contributed by atoms with Gasteiger partial charge in [-0.25, -0.2) is 0 Å². The fourth-order valence-electron chi connectivity index (χ4n) is 2.34. The molecule has 0 fully saturated rings. The van der Waals surface area contributed by atoms with E-state index < -0.39 is 6.10 Å². The first-order valence-corrected chi connectivity index (χ1v) is 7.31. The van der Waals surface area contributed by atoms with Gasteiger partial charge < -0.3 is 10.4 Å². The van der Waals surface area contributed by atoms with Crippen molar-refractivity contribution >= 4 is 5.91 Å². The quantitative estimate of drug-likeness (QED) is 0.854. The van der Waals surface area contributed by atoms with Gasteiger partial charge in [0.1, 0.15) is 0 Å². The van der Waals surface area contributed by atoms with E-state index in [4.69, 9.17) is 0 Å². The Labute approximate surface area is 125 Å². The van der Waals surface area contributed by atoms with Gasteiger partial charge in [-0.1, -0.05) is 61.9 Å². The lowest BCUT2D eigenvalue weighted by molar-refractivity contribution is 0.0811. The maximum atomic E-state index is 12.3. The third kappa shape index (κ3) is 4.17. The predicted octanol–water partition coefficient (Wildman–Crippen LogP) is 3.32. The van der Waals surface area contributed by atoms with E-state index in [1.807, 2.05) is 55.5 Å². The molecule has 2 rings (SSSR count). The van der Waals surface area contributed by atoms with Crippen LogP contribution in [-0.2, 0) is 0 Å². The monoisotopic (exact) mass is 283 g/mol. The second-order valence-corrected chi connectivity index (χ2v) is 5.08. The van der Waals surface area contributed by atoms with Gasteiger partial charge in [0, 0.05) is 5.56 Å². The third-order valence-electron chi connectivity index (χ3n) is 3.45. The molecule has 0 radical (unpaired) electrons. The third-order valence-corrected chi connectivity index (χ3v) is 3.45. The summed E-state index contributed by atoms with van der Waals surface area (Å²) in [6, 6.07) is 18.3. The van der Waals surface area contributed by atoms with Crippen LogP contribution in [-0.4, -0.2) is 17.1 Å². The predicted molar refractivity (Wildman–Crippen MR) is 84.0 cm³/mol. The highest BCUT2D eigenvalue weighted by molar-refractivity contribution is 5.94. The van der Waals surface area contributed by atoms with Crippen molar-refractivity contribution < 1.29 is 9.90 Å². The highest BCUT2D eigenvalue weighted by Crippen LogP contribution is 2.20. The molecule has 2 aromatic rings. The van der Waals surface area contributed by atoms with Crippen LogP contribution < -0.4 is 5.32 Å². The molecular formula is C18H21NO2. The standard InChI is InChI=1S/C18H21NO2/c1-2-9-16(20)17(14-10-5-3-6-11-14)19-18(21)15-12-7-4-8-13-15/h3-8,10-13,16-17,20H,2,9H2,1H3,(H,19,21)/t16-,17+/m1/s1. The maximum Gasteiger partial charge on any atom is 0.251 e. The number of hydrogen-bond acceptors (Lipinski definition) is 2. The van der Waals surface area contributed by atoms with E-state index in [2.05, 4.69) is 5.32 Å². The Morgan fingerprint density at radius 2 is 1.62 bits per heavy atom. The van der Waals surface area contributed by atoms with Crippen LogP contribution in [0.3, 0.4) is 0 Å². The van der Waals surface area contributed by atoms with Gasteiger partial charge in [-0.05, 0) is 24.1 Å². The van der Waals surface area contributed by atoms with Gasteiger partial charge in [0.15, 0.2) is 0 Å². The zero-order valence-corrected chi connectivity index (χ0v) is 12.2. The number of hydrogen-bond donors (Lipinski definition) is 2. The van der Waals surface area contributed by atoms with Crippen LogP contribution in [0.25, 0.3) is 0 Å². The van der Waals surface area contributed by atoms with Crippen LogP contribution in [0.15, 0.2) is 60.7 Å². The molecule has 0 aliphatic rings. The average molecular weight is 283 g/mol. The molecule has 0 saturated carbocycles. The van der Waals surface area contributed by atoms with Crippen LogP contribution in [0, 0.1) is 0 Å². The van der Waals surface area contributed by atoms with Crippen LogP contribution in [0.1, 0.15) is 41.7 Å². The molecule has 0 aromatic heterocycles. The largest absolute Gasteiger partial charge is 0.391 e. The molecule has 0 unspecified atom stereocenters. The number of aliphatic hydroxyl groups is 1. The maximum absolute atomic E-state index is 12.3. The van der Waals surface area contributed by atoms with Gasteiger partial charge in [0.05, 0.1) is 12.1 Å². The Morgan fingerprint density at radius 3 is 2.19 bits per heavy atom. The molecule has 3 heteroatoms. The van der Waals surface area contributed by atoms with Gasteiger partial charge >= 0.3 is 0 Å². The van der Waals surface area contributed by atoms with Crippen molar-refractivity contribution in [3.05, 3.63) is 71.8 Å². The second-order valence-electron chi connectivity index (χ2n) is 5.08. The smallest absolute Gasteiger partial charge is 0.251 e. The van der Waals surface area contributed by atoms with E-state index in [-0.39, 0.29) is 11.9 Å². The molecule has 0 saturated heterocycles. The molecule has 1 amide bonds. The van der Waals surface area contributed by atoms with Crippen LogP contribution in [0.5, 0.6) is 0 Å². The van der Waals surface area contributed by atoms with Crippen molar-refractivity contribution in [3.8, 4) is 0 Å². The number of carbonyl (C=O) groups excluding carboxylic acids is 1. The van der Waals surface area contributed by atoms with Gasteiger partial charge in [-0.3, -0.25) is 4.79 Å². The summed E-state index contributed by atoms with van der Waals surface area (Å²) in [5.41, 5.74) is 1.52. The van der Waals surface area contributed by atoms with Crippen molar-refractivity contribution in [1.82, 2.24) is 5.32 Å². The van der Waals surface area contributed by atoms with Gasteiger partial charge in [-0.15, -0.1) is 0 Å². The number of benzene rings is 2. The molecule has 0 spiro atoms. The lowest BCUT2D eigenvalue weighted by Crippen LogP contribution is -2.36. The fourth-order valence-corrected chi connectivity index (χ4v) is 2.34. The highest BCUT2D eigenvalue weighted by Gasteiger charge is 2.22. The van der Waals surface area contributed by atoms with Crippen molar-refractivity contribution in [3.63, 3.8) is 0 Å². The van der Waals surface area contributed by atoms with E-state index in [1.54, 1.807) is 12.1 Å². The zero-order valence-electron chi connectivity index (χ0n) is 12.2. The lowest BCUT2D eigenvalue weighted by atomic mass is 9.98. The molecule has 2 N–H and O–H groups in total. The van der Waals surface area contributed by atoms with E-state index in [0.29, 0.717) is 12.0 Å². The summed E-state index contributed by atoms with van der Waals surface area (Å²) in [6.45, 7) is 2.02. The molecule has 0 aliphatic carbocycles. The van der Waals surface area contributed by atoms with Crippen molar-refractivity contribution in [2.24, 2.45) is 0 Å². The fraction of sp³-hybridized carbons (Fsp3) is 0.278. The molecule has 0 heterocycles. The topological polar surface area (TPSA) is 49.3 Å². The molecule has 21 heavy (non-hydrogen) atoms. The Hall–Kier alpha value is -2.13. The summed E-state index contributed by atoms with van der Waals surface area (Å²) in [7, 11) is 0. The molecular weight excluding hydrogens is 262 g/mol. The Bertz CT molecular complexity index is 554. The van der Waals surface area contributed by atoms with Gasteiger partial charge in [0.2, 0.25) is 0 Å². The average Bonchev–Trinajstić information content (AvgIpc) is 2.54. The Morgan fingerprint density at radius 1 is 1.05 bits per heavy atom. The highest BCUT2D eigenvalue weighted by atomic mass is 16.3. The molecule has 0 aliphatic heterocycles. The van der Waals surface area contributed by atoms with Crippen molar-refractivity contribution in [2.45, 2.75) is 31.9 Å². The minimum Gasteiger partial charge on any atom is -0.391 e. The number of carbonyl (C=O) groups is 1. The minimum atomic E-state index is -0.593. The number of amides is 1. The van der Waals surface area contributed by atoms with E-state index in [0.717, 1.165) is 12.0 Å². The SMILES string of the molecule is CCC[C@@H](O)[C@@H](NC(=O)c1ccccc1)c1ccccc1. The lowest BCUT2D eigenvalue weighted by Gasteiger charge is -2.24. The first-order chi connectivity index (χ1) is 10.2. The van der Waals surface area contributed by atoms with Gasteiger partial charge in [0.25, 0.3) is 5.91 Å². The van der Waals surface area contributed by atoms with Crippen LogP contribution >= 0.6 is 0 Å². The Balaban J connectivity index is 2.18. The summed E-state index contributed by atoms with van der Waals surface area (Å²) in [5, 5.41) is 13.3. The van der Waals surface area contributed by atoms with E-state index in [9.17, 15) is 9.90 Å². The van der Waals surface area contributed by atoms with Crippen LogP contribution in [0.4, 0.5) is 0 Å².